The van der Waals surface area contributed by atoms with Gasteiger partial charge in [0.15, 0.2) is 0 Å². The summed E-state index contributed by atoms with van der Waals surface area (Å²) in [4.78, 5) is 17.3. The molecule has 1 aliphatic rings. The van der Waals surface area contributed by atoms with Crippen LogP contribution in [-0.4, -0.2) is 34.9 Å². The molecule has 1 amide bonds. The topological polar surface area (TPSA) is 78.3 Å². The zero-order valence-electron chi connectivity index (χ0n) is 22.1. The minimum atomic E-state index is -0.165. The standard InChI is InChI=1S/C32H27IN4O3/c1-39-25-11-6-20(7-12-25)29(21-8-13-26(40-2)14-9-21)37-30-27-15-10-22(17-23(27)18-28(30)31(33)36-37)32(38)35-19-24-5-3-4-16-34-24/h3-17,29H,18-19H2,1-2H3,(H,35,38). The minimum absolute atomic E-state index is 0.116. The van der Waals surface area contributed by atoms with Crippen LogP contribution in [0.4, 0.5) is 0 Å². The van der Waals surface area contributed by atoms with Crippen LogP contribution in [0, 0.1) is 3.70 Å². The molecule has 0 bridgehead atoms. The van der Waals surface area contributed by atoms with Gasteiger partial charge in [-0.15, -0.1) is 0 Å². The van der Waals surface area contributed by atoms with Crippen molar-refractivity contribution in [1.29, 1.82) is 0 Å². The summed E-state index contributed by atoms with van der Waals surface area (Å²) in [6, 6.07) is 27.7. The van der Waals surface area contributed by atoms with Crippen LogP contribution in [0.3, 0.4) is 0 Å². The number of amides is 1. The molecule has 0 spiro atoms. The van der Waals surface area contributed by atoms with Gasteiger partial charge in [-0.25, -0.2) is 0 Å². The number of methoxy groups -OCH3 is 2. The Hall–Kier alpha value is -4.18. The average Bonchev–Trinajstić information content (AvgIpc) is 3.54. The van der Waals surface area contributed by atoms with Gasteiger partial charge in [-0.1, -0.05) is 36.4 Å². The lowest BCUT2D eigenvalue weighted by molar-refractivity contribution is 0.0950. The molecule has 1 N–H and O–H groups in total. The first-order chi connectivity index (χ1) is 19.6. The fraction of sp³-hybridized carbons (Fsp3) is 0.156. The fourth-order valence-corrected chi connectivity index (χ4v) is 5.87. The van der Waals surface area contributed by atoms with Crippen molar-refractivity contribution in [2.24, 2.45) is 0 Å². The van der Waals surface area contributed by atoms with Gasteiger partial charge in [-0.3, -0.25) is 14.5 Å². The third-order valence-electron chi connectivity index (χ3n) is 7.21. The molecule has 0 radical (unpaired) electrons. The smallest absolute Gasteiger partial charge is 0.251 e. The van der Waals surface area contributed by atoms with E-state index >= 15 is 0 Å². The van der Waals surface area contributed by atoms with Crippen molar-refractivity contribution >= 4 is 28.5 Å². The molecule has 0 saturated heterocycles. The van der Waals surface area contributed by atoms with Gasteiger partial charge >= 0.3 is 0 Å². The summed E-state index contributed by atoms with van der Waals surface area (Å²) in [5.41, 5.74) is 8.10. The van der Waals surface area contributed by atoms with Crippen molar-refractivity contribution in [1.82, 2.24) is 20.1 Å². The van der Waals surface area contributed by atoms with Gasteiger partial charge in [0.25, 0.3) is 5.91 Å². The lowest BCUT2D eigenvalue weighted by atomic mass is 9.97. The maximum absolute atomic E-state index is 13.0. The number of nitrogens with one attached hydrogen (secondary N) is 1. The lowest BCUT2D eigenvalue weighted by Crippen LogP contribution is -2.23. The summed E-state index contributed by atoms with van der Waals surface area (Å²) < 4.78 is 13.9. The molecule has 0 atom stereocenters. The van der Waals surface area contributed by atoms with Gasteiger partial charge in [-0.2, -0.15) is 5.10 Å². The van der Waals surface area contributed by atoms with Gasteiger partial charge in [0, 0.05) is 29.3 Å². The van der Waals surface area contributed by atoms with Crippen LogP contribution in [0.15, 0.2) is 91.1 Å². The van der Waals surface area contributed by atoms with E-state index in [9.17, 15) is 4.79 Å². The highest BCUT2D eigenvalue weighted by Gasteiger charge is 2.31. The number of nitrogens with zero attached hydrogens (tertiary/aromatic N) is 3. The molecule has 2 aromatic heterocycles. The molecule has 7 nitrogen and oxygen atoms in total. The van der Waals surface area contributed by atoms with E-state index in [0.29, 0.717) is 12.1 Å². The molecule has 200 valence electrons. The molecule has 0 unspecified atom stereocenters. The summed E-state index contributed by atoms with van der Waals surface area (Å²) in [6.45, 7) is 0.384. The molecule has 0 saturated carbocycles. The Morgan fingerprint density at radius 2 is 1.62 bits per heavy atom. The predicted octanol–water partition coefficient (Wildman–Crippen LogP) is 6.04. The third-order valence-corrected chi connectivity index (χ3v) is 8.08. The first-order valence-corrected chi connectivity index (χ1v) is 14.0. The Labute approximate surface area is 246 Å². The SMILES string of the molecule is COc1ccc(C(c2ccc(OC)cc2)n2nc(I)c3c2-c2ccc(C(=O)NCc4ccccn4)cc2C3)cc1. The number of pyridine rings is 1. The van der Waals surface area contributed by atoms with Crippen molar-refractivity contribution in [3.05, 3.63) is 128 Å². The quantitative estimate of drug-likeness (QED) is 0.205. The van der Waals surface area contributed by atoms with E-state index in [1.165, 1.54) is 5.56 Å². The van der Waals surface area contributed by atoms with Gasteiger partial charge in [0.1, 0.15) is 21.2 Å². The van der Waals surface area contributed by atoms with Crippen LogP contribution in [0.25, 0.3) is 11.3 Å². The Morgan fingerprint density at radius 1 is 0.950 bits per heavy atom. The minimum Gasteiger partial charge on any atom is -0.497 e. The number of rotatable bonds is 8. The van der Waals surface area contributed by atoms with Gasteiger partial charge in [0.05, 0.1) is 32.2 Å². The van der Waals surface area contributed by atoms with Crippen molar-refractivity contribution in [2.75, 3.05) is 14.2 Å². The molecular formula is C32H27IN4O3. The molecule has 1 aliphatic carbocycles. The largest absolute Gasteiger partial charge is 0.497 e. The van der Waals surface area contributed by atoms with E-state index in [-0.39, 0.29) is 11.9 Å². The molecule has 6 rings (SSSR count). The second-order valence-corrected chi connectivity index (χ2v) is 10.6. The third kappa shape index (κ3) is 4.95. The fourth-order valence-electron chi connectivity index (χ4n) is 5.20. The van der Waals surface area contributed by atoms with E-state index in [2.05, 4.69) is 61.8 Å². The van der Waals surface area contributed by atoms with Crippen LogP contribution in [0.2, 0.25) is 0 Å². The highest BCUT2D eigenvalue weighted by molar-refractivity contribution is 14.1. The number of aromatic nitrogens is 3. The van der Waals surface area contributed by atoms with Crippen LogP contribution in [0.1, 0.15) is 44.3 Å². The summed E-state index contributed by atoms with van der Waals surface area (Å²) in [7, 11) is 3.34. The number of carbonyl (C=O) groups excluding carboxylic acids is 1. The molecular weight excluding hydrogens is 615 g/mol. The van der Waals surface area contributed by atoms with Crippen LogP contribution in [-0.2, 0) is 13.0 Å². The second-order valence-electron chi connectivity index (χ2n) is 9.56. The van der Waals surface area contributed by atoms with Gasteiger partial charge in [-0.05, 0) is 87.8 Å². The predicted molar refractivity (Wildman–Crippen MR) is 162 cm³/mol. The zero-order valence-corrected chi connectivity index (χ0v) is 24.3. The Balaban J connectivity index is 1.37. The zero-order chi connectivity index (χ0) is 27.6. The number of hydrogen-bond donors (Lipinski definition) is 1. The number of fused-ring (bicyclic) bond motifs is 3. The van der Waals surface area contributed by atoms with Gasteiger partial charge in [0.2, 0.25) is 0 Å². The molecule has 2 heterocycles. The number of benzene rings is 3. The summed E-state index contributed by atoms with van der Waals surface area (Å²) in [5, 5.41) is 8.03. The summed E-state index contributed by atoms with van der Waals surface area (Å²) >= 11 is 2.32. The number of carbonyl (C=O) groups is 1. The maximum atomic E-state index is 13.0. The molecule has 0 aliphatic heterocycles. The van der Waals surface area contributed by atoms with E-state index in [4.69, 9.17) is 14.6 Å². The van der Waals surface area contributed by atoms with Crippen molar-refractivity contribution < 1.29 is 14.3 Å². The molecule has 8 heteroatoms. The number of hydrogen-bond acceptors (Lipinski definition) is 5. The Morgan fingerprint density at radius 3 is 2.23 bits per heavy atom. The van der Waals surface area contributed by atoms with E-state index in [0.717, 1.165) is 55.3 Å². The van der Waals surface area contributed by atoms with E-state index < -0.39 is 0 Å². The monoisotopic (exact) mass is 642 g/mol. The van der Waals surface area contributed by atoms with E-state index in [1.807, 2.05) is 60.7 Å². The highest BCUT2D eigenvalue weighted by Crippen LogP contribution is 2.43. The van der Waals surface area contributed by atoms with Crippen LogP contribution < -0.4 is 14.8 Å². The number of ether oxygens (including phenoxy) is 2. The average molecular weight is 642 g/mol. The highest BCUT2D eigenvalue weighted by atomic mass is 127. The van der Waals surface area contributed by atoms with Crippen LogP contribution >= 0.6 is 22.6 Å². The Bertz CT molecular complexity index is 1620. The van der Waals surface area contributed by atoms with Crippen LogP contribution in [0.5, 0.6) is 11.5 Å². The van der Waals surface area contributed by atoms with Gasteiger partial charge < -0.3 is 14.8 Å². The molecule has 0 fully saturated rings. The Kier molecular flexibility index (Phi) is 7.25. The first kappa shape index (κ1) is 26.1. The van der Waals surface area contributed by atoms with Crippen molar-refractivity contribution in [3.63, 3.8) is 0 Å². The number of halogens is 1. The van der Waals surface area contributed by atoms with E-state index in [1.54, 1.807) is 20.4 Å². The van der Waals surface area contributed by atoms with Crippen molar-refractivity contribution in [3.8, 4) is 22.8 Å². The summed E-state index contributed by atoms with van der Waals surface area (Å²) in [6.07, 6.45) is 2.45. The summed E-state index contributed by atoms with van der Waals surface area (Å²) in [5.74, 6) is 1.49. The lowest BCUT2D eigenvalue weighted by Gasteiger charge is -2.22. The molecule has 3 aromatic carbocycles. The normalized spacial score (nSPS) is 11.7. The molecule has 5 aromatic rings. The second kappa shape index (κ2) is 11.1. The van der Waals surface area contributed by atoms with Crippen molar-refractivity contribution in [2.45, 2.75) is 19.0 Å². The maximum Gasteiger partial charge on any atom is 0.251 e. The first-order valence-electron chi connectivity index (χ1n) is 12.9. The molecule has 40 heavy (non-hydrogen) atoms.